The van der Waals surface area contributed by atoms with Crippen LogP contribution < -0.4 is 10.6 Å². The number of hydrogen-bond donors (Lipinski definition) is 3. The Hall–Kier alpha value is -2.28. The highest BCUT2D eigenvalue weighted by Crippen LogP contribution is 2.36. The van der Waals surface area contributed by atoms with Gasteiger partial charge < -0.3 is 25.5 Å². The molecule has 2 unspecified atom stereocenters. The van der Waals surface area contributed by atoms with Gasteiger partial charge in [-0.15, -0.1) is 0 Å². The summed E-state index contributed by atoms with van der Waals surface area (Å²) in [5.74, 6) is -5.55. The second-order valence-corrected chi connectivity index (χ2v) is 9.13. The van der Waals surface area contributed by atoms with Gasteiger partial charge in [-0.25, -0.2) is 8.78 Å². The summed E-state index contributed by atoms with van der Waals surface area (Å²) in [6.45, 7) is 4.77. The number of allylic oxidation sites excluding steroid dienone is 1. The standard InChI is InChI=1S/C22H27F2IN4O4/c1-4-26-13-8-9-29-17(13)14(19(30)20(31)18(29)22(33)28(3)5-2)21(32)27-10-11-6-7-12(23)16(25)15(11)24/h6-7,13-14,17,26,31H,4-5,8-10H2,1-3H3,(H,27,32)/t13-,14?,17?/m0/s1. The van der Waals surface area contributed by atoms with E-state index < -0.39 is 47.0 Å². The molecule has 33 heavy (non-hydrogen) atoms. The predicted molar refractivity (Wildman–Crippen MR) is 125 cm³/mol. The number of halogens is 3. The molecule has 2 aliphatic rings. The van der Waals surface area contributed by atoms with E-state index in [1.165, 1.54) is 11.0 Å². The van der Waals surface area contributed by atoms with Gasteiger partial charge in [0.2, 0.25) is 11.7 Å². The van der Waals surface area contributed by atoms with Crippen LogP contribution in [0, 0.1) is 21.1 Å². The van der Waals surface area contributed by atoms with E-state index in [0.29, 0.717) is 26.1 Å². The maximum absolute atomic E-state index is 14.3. The molecule has 0 aromatic heterocycles. The van der Waals surface area contributed by atoms with Gasteiger partial charge in [-0.2, -0.15) is 0 Å². The van der Waals surface area contributed by atoms with Gasteiger partial charge in [0.1, 0.15) is 23.2 Å². The van der Waals surface area contributed by atoms with Crippen molar-refractivity contribution < 1.29 is 28.3 Å². The normalized spacial score (nSPS) is 22.4. The third-order valence-electron chi connectivity index (χ3n) is 6.16. The van der Waals surface area contributed by atoms with Crippen molar-refractivity contribution in [3.05, 3.63) is 44.4 Å². The van der Waals surface area contributed by atoms with Crippen LogP contribution in [0.5, 0.6) is 0 Å². The zero-order valence-electron chi connectivity index (χ0n) is 18.6. The van der Waals surface area contributed by atoms with Gasteiger partial charge >= 0.3 is 0 Å². The number of amides is 2. The third-order valence-corrected chi connectivity index (χ3v) is 7.15. The topological polar surface area (TPSA) is 102 Å². The maximum atomic E-state index is 14.3. The van der Waals surface area contributed by atoms with E-state index in [9.17, 15) is 28.3 Å². The summed E-state index contributed by atoms with van der Waals surface area (Å²) in [7, 11) is 1.57. The van der Waals surface area contributed by atoms with Crippen molar-refractivity contribution in [2.75, 3.05) is 26.7 Å². The fourth-order valence-corrected chi connectivity index (χ4v) is 4.87. The first-order chi connectivity index (χ1) is 15.6. The Balaban J connectivity index is 1.92. The molecule has 0 radical (unpaired) electrons. The first-order valence-electron chi connectivity index (χ1n) is 10.8. The summed E-state index contributed by atoms with van der Waals surface area (Å²) >= 11 is 1.54. The van der Waals surface area contributed by atoms with Gasteiger partial charge in [-0.05, 0) is 48.5 Å². The lowest BCUT2D eigenvalue weighted by Gasteiger charge is -2.40. The van der Waals surface area contributed by atoms with Crippen LogP contribution in [-0.2, 0) is 20.9 Å². The van der Waals surface area contributed by atoms with Gasteiger partial charge in [0.05, 0.1) is 9.61 Å². The lowest BCUT2D eigenvalue weighted by Crippen LogP contribution is -2.58. The van der Waals surface area contributed by atoms with Crippen molar-refractivity contribution >= 4 is 40.2 Å². The average molecular weight is 576 g/mol. The number of aliphatic hydroxyl groups excluding tert-OH is 1. The molecule has 1 fully saturated rings. The minimum atomic E-state index is -1.29. The summed E-state index contributed by atoms with van der Waals surface area (Å²) in [5.41, 5.74) is -0.0259. The molecule has 8 nitrogen and oxygen atoms in total. The van der Waals surface area contributed by atoms with Crippen LogP contribution in [0.3, 0.4) is 0 Å². The summed E-state index contributed by atoms with van der Waals surface area (Å²) in [4.78, 5) is 42.2. The molecule has 3 atom stereocenters. The minimum Gasteiger partial charge on any atom is -0.503 e. The number of carbonyl (C=O) groups is 3. The first kappa shape index (κ1) is 25.3. The van der Waals surface area contributed by atoms with E-state index in [1.807, 2.05) is 6.92 Å². The Morgan fingerprint density at radius 1 is 1.30 bits per heavy atom. The predicted octanol–water partition coefficient (Wildman–Crippen LogP) is 1.68. The van der Waals surface area contributed by atoms with E-state index in [2.05, 4.69) is 10.6 Å². The molecule has 2 heterocycles. The first-order valence-corrected chi connectivity index (χ1v) is 11.8. The zero-order valence-corrected chi connectivity index (χ0v) is 20.8. The third kappa shape index (κ3) is 4.70. The highest BCUT2D eigenvalue weighted by molar-refractivity contribution is 14.1. The van der Waals surface area contributed by atoms with Crippen LogP contribution in [0.15, 0.2) is 23.6 Å². The number of Topliss-reactive ketones (excluding diaryl/α,β-unsaturated/α-hetero) is 1. The summed E-state index contributed by atoms with van der Waals surface area (Å²) in [6.07, 6.45) is 0.570. The number of aliphatic hydroxyl groups is 1. The van der Waals surface area contributed by atoms with Crippen LogP contribution in [0.4, 0.5) is 8.78 Å². The smallest absolute Gasteiger partial charge is 0.273 e. The van der Waals surface area contributed by atoms with Crippen molar-refractivity contribution in [2.24, 2.45) is 5.92 Å². The molecule has 2 amide bonds. The van der Waals surface area contributed by atoms with E-state index in [0.717, 1.165) is 6.07 Å². The molecule has 1 aromatic rings. The fourth-order valence-electron chi connectivity index (χ4n) is 4.35. The van der Waals surface area contributed by atoms with E-state index >= 15 is 0 Å². The second-order valence-electron chi connectivity index (χ2n) is 8.05. The number of rotatable bonds is 7. The monoisotopic (exact) mass is 576 g/mol. The van der Waals surface area contributed by atoms with Crippen LogP contribution in [0.2, 0.25) is 0 Å². The van der Waals surface area contributed by atoms with Crippen molar-refractivity contribution in [2.45, 2.75) is 38.9 Å². The van der Waals surface area contributed by atoms with Crippen LogP contribution in [0.25, 0.3) is 0 Å². The van der Waals surface area contributed by atoms with Gasteiger partial charge in [0, 0.05) is 38.3 Å². The Morgan fingerprint density at radius 2 is 2.00 bits per heavy atom. The zero-order chi connectivity index (χ0) is 24.4. The van der Waals surface area contributed by atoms with Gasteiger partial charge in [-0.3, -0.25) is 14.4 Å². The fraction of sp³-hybridized carbons (Fsp3) is 0.500. The van der Waals surface area contributed by atoms with Gasteiger partial charge in [-0.1, -0.05) is 13.0 Å². The van der Waals surface area contributed by atoms with Crippen molar-refractivity contribution in [3.8, 4) is 0 Å². The summed E-state index contributed by atoms with van der Waals surface area (Å²) in [5, 5.41) is 16.5. The quantitative estimate of drug-likeness (QED) is 0.260. The number of benzene rings is 1. The summed E-state index contributed by atoms with van der Waals surface area (Å²) < 4.78 is 27.7. The average Bonchev–Trinajstić information content (AvgIpc) is 3.19. The van der Waals surface area contributed by atoms with E-state index in [-0.39, 0.29) is 27.4 Å². The Kier molecular flexibility index (Phi) is 7.93. The largest absolute Gasteiger partial charge is 0.503 e. The van der Waals surface area contributed by atoms with E-state index in [1.54, 1.807) is 41.5 Å². The molecule has 1 aromatic carbocycles. The van der Waals surface area contributed by atoms with Crippen molar-refractivity contribution in [3.63, 3.8) is 0 Å². The van der Waals surface area contributed by atoms with Gasteiger partial charge in [0.15, 0.2) is 5.76 Å². The number of nitrogens with one attached hydrogen (secondary N) is 2. The molecule has 3 rings (SSSR count). The Bertz CT molecular complexity index is 1000. The minimum absolute atomic E-state index is 0.0733. The second kappa shape index (κ2) is 10.3. The highest BCUT2D eigenvalue weighted by Gasteiger charge is 2.53. The molecule has 0 saturated carbocycles. The van der Waals surface area contributed by atoms with Crippen molar-refractivity contribution in [1.82, 2.24) is 20.4 Å². The molecule has 1 saturated heterocycles. The lowest BCUT2D eigenvalue weighted by atomic mass is 9.84. The van der Waals surface area contributed by atoms with Crippen molar-refractivity contribution in [1.29, 1.82) is 0 Å². The van der Waals surface area contributed by atoms with Crippen LogP contribution in [-0.4, -0.2) is 71.3 Å². The highest BCUT2D eigenvalue weighted by atomic mass is 127. The van der Waals surface area contributed by atoms with E-state index in [4.69, 9.17) is 0 Å². The molecular weight excluding hydrogens is 549 g/mol. The molecule has 0 aliphatic carbocycles. The summed E-state index contributed by atoms with van der Waals surface area (Å²) in [6, 6.07) is 1.39. The molecule has 0 spiro atoms. The molecule has 3 N–H and O–H groups in total. The van der Waals surface area contributed by atoms with Crippen LogP contribution in [0.1, 0.15) is 25.8 Å². The van der Waals surface area contributed by atoms with Gasteiger partial charge in [0.25, 0.3) is 5.91 Å². The molecule has 2 aliphatic heterocycles. The number of fused-ring (bicyclic) bond motifs is 1. The number of carbonyl (C=O) groups excluding carboxylic acids is 3. The molecular formula is C22H27F2IN4O4. The number of likely N-dealkylation sites (N-methyl/N-ethyl adjacent to an activating group) is 2. The number of nitrogens with zero attached hydrogens (tertiary/aromatic N) is 2. The maximum Gasteiger partial charge on any atom is 0.273 e. The number of ketones is 1. The Morgan fingerprint density at radius 3 is 2.64 bits per heavy atom. The lowest BCUT2D eigenvalue weighted by molar-refractivity contribution is -0.140. The molecule has 0 bridgehead atoms. The Labute approximate surface area is 204 Å². The molecule has 11 heteroatoms. The van der Waals surface area contributed by atoms with Crippen LogP contribution >= 0.6 is 22.6 Å². The number of hydrogen-bond acceptors (Lipinski definition) is 6. The molecule has 180 valence electrons. The SMILES string of the molecule is CCN[C@H]1CCN2C(C(=O)N(C)CC)=C(O)C(=O)C(C(=O)NCc3ccc(F)c(I)c3F)C12.